The molecule has 2 aliphatic rings. The molecule has 0 aliphatic carbocycles. The Labute approximate surface area is 258 Å². The molecule has 4 nitrogen and oxygen atoms in total. The van der Waals surface area contributed by atoms with Gasteiger partial charge in [-0.3, -0.25) is 4.90 Å². The third kappa shape index (κ3) is 8.21. The van der Waals surface area contributed by atoms with Gasteiger partial charge >= 0.3 is 0 Å². The Kier molecular flexibility index (Phi) is 10.6. The second-order valence-electron chi connectivity index (χ2n) is 12.0. The minimum Gasteiger partial charge on any atom is -0.489 e. The fourth-order valence-electron chi connectivity index (χ4n) is 6.26. The van der Waals surface area contributed by atoms with Gasteiger partial charge in [-0.05, 0) is 86.5 Å². The van der Waals surface area contributed by atoms with Crippen LogP contribution < -0.4 is 14.8 Å². The monoisotopic (exact) mass is 610 g/mol. The number of fused-ring (bicyclic) bond motifs is 1. The average molecular weight is 611 g/mol. The maximum Gasteiger partial charge on any atom is 0.257 e. The lowest BCUT2D eigenvalue weighted by molar-refractivity contribution is -0.0401. The van der Waals surface area contributed by atoms with Crippen molar-refractivity contribution in [2.75, 3.05) is 19.6 Å². The second kappa shape index (κ2) is 14.6. The molecule has 3 aromatic carbocycles. The van der Waals surface area contributed by atoms with E-state index in [4.69, 9.17) is 9.47 Å². The van der Waals surface area contributed by atoms with E-state index in [1.165, 1.54) is 12.1 Å². The van der Waals surface area contributed by atoms with Gasteiger partial charge in [0.25, 0.3) is 5.92 Å². The van der Waals surface area contributed by atoms with Gasteiger partial charge in [0.2, 0.25) is 0 Å². The van der Waals surface area contributed by atoms with Crippen molar-refractivity contribution < 1.29 is 27.0 Å². The summed E-state index contributed by atoms with van der Waals surface area (Å²) in [7, 11) is 0. The lowest BCUT2D eigenvalue weighted by Crippen LogP contribution is -2.49. The van der Waals surface area contributed by atoms with Crippen LogP contribution in [0.2, 0.25) is 0 Å². The SMILES string of the molecule is CC[C@@H]1Cc2cc(OCc3ccccc3)ccc2C(c2c(F)cc(O/C3=C/CCCCNCCC3)cc2F)N1CC(C)(F)F. The van der Waals surface area contributed by atoms with Crippen molar-refractivity contribution in [2.45, 2.75) is 83.4 Å². The molecule has 0 spiro atoms. The summed E-state index contributed by atoms with van der Waals surface area (Å²) in [5.74, 6) is -3.32. The van der Waals surface area contributed by atoms with Crippen molar-refractivity contribution in [1.82, 2.24) is 10.2 Å². The number of halogens is 4. The van der Waals surface area contributed by atoms with Crippen LogP contribution in [0.4, 0.5) is 17.6 Å². The molecular weight excluding hydrogens is 568 g/mol. The molecule has 1 N–H and O–H groups in total. The molecule has 0 amide bonds. The van der Waals surface area contributed by atoms with Crippen LogP contribution in [0.1, 0.15) is 80.7 Å². The molecule has 0 aromatic heterocycles. The summed E-state index contributed by atoms with van der Waals surface area (Å²) in [6, 6.07) is 16.1. The van der Waals surface area contributed by atoms with E-state index in [0.29, 0.717) is 42.9 Å². The van der Waals surface area contributed by atoms with Gasteiger partial charge in [0, 0.05) is 37.1 Å². The Balaban J connectivity index is 1.48. The van der Waals surface area contributed by atoms with E-state index in [9.17, 15) is 8.78 Å². The fraction of sp³-hybridized carbons (Fsp3) is 0.444. The van der Waals surface area contributed by atoms with Crippen LogP contribution in [-0.4, -0.2) is 36.5 Å². The van der Waals surface area contributed by atoms with Gasteiger partial charge in [-0.1, -0.05) is 43.3 Å². The molecule has 236 valence electrons. The predicted octanol–water partition coefficient (Wildman–Crippen LogP) is 8.74. The third-order valence-electron chi connectivity index (χ3n) is 8.38. The summed E-state index contributed by atoms with van der Waals surface area (Å²) in [6.07, 6.45) is 7.39. The number of nitrogens with one attached hydrogen (secondary N) is 1. The number of nitrogens with zero attached hydrogens (tertiary/aromatic N) is 1. The zero-order chi connectivity index (χ0) is 31.1. The normalized spacial score (nSPS) is 21.2. The van der Waals surface area contributed by atoms with Crippen molar-refractivity contribution in [2.24, 2.45) is 0 Å². The Morgan fingerprint density at radius 3 is 2.41 bits per heavy atom. The maximum atomic E-state index is 16.0. The van der Waals surface area contributed by atoms with Crippen LogP contribution in [0, 0.1) is 11.6 Å². The van der Waals surface area contributed by atoms with Crippen molar-refractivity contribution in [3.05, 3.63) is 106 Å². The van der Waals surface area contributed by atoms with E-state index in [0.717, 1.165) is 56.8 Å². The predicted molar refractivity (Wildman–Crippen MR) is 165 cm³/mol. The van der Waals surface area contributed by atoms with Gasteiger partial charge in [-0.2, -0.15) is 0 Å². The van der Waals surface area contributed by atoms with Crippen LogP contribution in [-0.2, 0) is 13.0 Å². The number of hydrogen-bond acceptors (Lipinski definition) is 4. The van der Waals surface area contributed by atoms with Crippen LogP contribution in [0.3, 0.4) is 0 Å². The van der Waals surface area contributed by atoms with Crippen LogP contribution in [0.15, 0.2) is 72.5 Å². The van der Waals surface area contributed by atoms with Gasteiger partial charge in [0.05, 0.1) is 12.6 Å². The highest BCUT2D eigenvalue weighted by molar-refractivity contribution is 5.46. The van der Waals surface area contributed by atoms with Crippen molar-refractivity contribution >= 4 is 0 Å². The third-order valence-corrected chi connectivity index (χ3v) is 8.38. The van der Waals surface area contributed by atoms with Gasteiger partial charge in [-0.15, -0.1) is 0 Å². The molecule has 5 rings (SSSR count). The molecule has 0 radical (unpaired) electrons. The highest BCUT2D eigenvalue weighted by Crippen LogP contribution is 2.44. The van der Waals surface area contributed by atoms with Gasteiger partial charge in [-0.25, -0.2) is 17.6 Å². The largest absolute Gasteiger partial charge is 0.489 e. The molecule has 0 saturated heterocycles. The van der Waals surface area contributed by atoms with Gasteiger partial charge in [0.1, 0.15) is 35.5 Å². The first-order valence-electron chi connectivity index (χ1n) is 15.7. The Morgan fingerprint density at radius 1 is 0.932 bits per heavy atom. The van der Waals surface area contributed by atoms with E-state index >= 15 is 8.78 Å². The first-order chi connectivity index (χ1) is 21.2. The van der Waals surface area contributed by atoms with Crippen molar-refractivity contribution in [1.29, 1.82) is 0 Å². The lowest BCUT2D eigenvalue weighted by atomic mass is 9.83. The summed E-state index contributed by atoms with van der Waals surface area (Å²) in [5, 5.41) is 3.39. The highest BCUT2D eigenvalue weighted by Gasteiger charge is 2.41. The van der Waals surface area contributed by atoms with E-state index < -0.39 is 30.1 Å². The zero-order valence-corrected chi connectivity index (χ0v) is 25.6. The van der Waals surface area contributed by atoms with E-state index in [1.807, 2.05) is 49.4 Å². The van der Waals surface area contributed by atoms with Crippen molar-refractivity contribution in [3.63, 3.8) is 0 Å². The Morgan fingerprint density at radius 2 is 1.68 bits per heavy atom. The number of rotatable bonds is 9. The second-order valence-corrected chi connectivity index (χ2v) is 12.0. The molecule has 0 saturated carbocycles. The summed E-state index contributed by atoms with van der Waals surface area (Å²) >= 11 is 0. The van der Waals surface area contributed by atoms with Gasteiger partial charge in [0.15, 0.2) is 0 Å². The number of allylic oxidation sites excluding steroid dienone is 2. The smallest absolute Gasteiger partial charge is 0.257 e. The first kappa shape index (κ1) is 32.0. The summed E-state index contributed by atoms with van der Waals surface area (Å²) < 4.78 is 73.3. The summed E-state index contributed by atoms with van der Waals surface area (Å²) in [4.78, 5) is 1.56. The molecule has 44 heavy (non-hydrogen) atoms. The standard InChI is InChI=1S/C36H42F4N2O2/c1-3-27-19-26-20-29(43-23-25-11-6-4-7-12-25)15-16-31(26)35(42(27)24-36(2,39)40)34-32(37)21-30(22-33(34)38)44-28-13-8-5-9-17-41-18-10-14-28/h4,6-7,11-13,15-16,20-22,27,35,41H,3,5,8-10,14,17-19,23-24H2,1-2H3/b28-13+/t27-,35?/m1/s1. The Hall–Kier alpha value is -3.36. The van der Waals surface area contributed by atoms with E-state index in [1.54, 1.807) is 17.0 Å². The Bertz CT molecular complexity index is 1400. The molecule has 2 heterocycles. The minimum absolute atomic E-state index is 0.0696. The zero-order valence-electron chi connectivity index (χ0n) is 25.6. The number of ether oxygens (including phenoxy) is 2. The molecule has 0 fully saturated rings. The maximum absolute atomic E-state index is 16.0. The highest BCUT2D eigenvalue weighted by atomic mass is 19.3. The summed E-state index contributed by atoms with van der Waals surface area (Å²) in [5.41, 5.74) is 2.20. The molecule has 0 bridgehead atoms. The van der Waals surface area contributed by atoms with Crippen molar-refractivity contribution in [3.8, 4) is 11.5 Å². The minimum atomic E-state index is -3.06. The van der Waals surface area contributed by atoms with E-state index in [-0.39, 0.29) is 17.4 Å². The van der Waals surface area contributed by atoms with Crippen LogP contribution in [0.25, 0.3) is 0 Å². The number of hydrogen-bond donors (Lipinski definition) is 1. The van der Waals surface area contributed by atoms with Gasteiger partial charge < -0.3 is 14.8 Å². The summed E-state index contributed by atoms with van der Waals surface area (Å²) in [6.45, 7) is 4.33. The molecule has 2 aliphatic heterocycles. The lowest BCUT2D eigenvalue weighted by Gasteiger charge is -2.44. The molecule has 3 aromatic rings. The average Bonchev–Trinajstić information content (AvgIpc) is 2.99. The quantitative estimate of drug-likeness (QED) is 0.246. The molecular formula is C36H42F4N2O2. The van der Waals surface area contributed by atoms with Crippen LogP contribution >= 0.6 is 0 Å². The number of alkyl halides is 2. The topological polar surface area (TPSA) is 33.7 Å². The van der Waals surface area contributed by atoms with E-state index in [2.05, 4.69) is 5.32 Å². The van der Waals surface area contributed by atoms with Crippen LogP contribution in [0.5, 0.6) is 11.5 Å². The molecule has 1 unspecified atom stereocenters. The number of benzene rings is 3. The molecule has 8 heteroatoms. The molecule has 2 atom stereocenters. The fourth-order valence-corrected chi connectivity index (χ4v) is 6.26. The first-order valence-corrected chi connectivity index (χ1v) is 15.7.